The normalized spacial score (nSPS) is 17.1. The monoisotopic (exact) mass is 265 g/mol. The summed E-state index contributed by atoms with van der Waals surface area (Å²) in [5.74, 6) is 1.06. The third-order valence-electron chi connectivity index (χ3n) is 4.03. The van der Waals surface area contributed by atoms with Crippen LogP contribution >= 0.6 is 0 Å². The van der Waals surface area contributed by atoms with E-state index in [0.717, 1.165) is 25.6 Å². The van der Waals surface area contributed by atoms with Crippen LogP contribution in [0.5, 0.6) is 0 Å². The van der Waals surface area contributed by atoms with E-state index < -0.39 is 0 Å². The predicted octanol–water partition coefficient (Wildman–Crippen LogP) is 2.26. The zero-order valence-corrected chi connectivity index (χ0v) is 12.4. The van der Waals surface area contributed by atoms with E-state index in [0.29, 0.717) is 19.4 Å². The molecule has 1 fully saturated rings. The van der Waals surface area contributed by atoms with E-state index >= 15 is 0 Å². The predicted molar refractivity (Wildman–Crippen MR) is 76.6 cm³/mol. The van der Waals surface area contributed by atoms with Crippen molar-refractivity contribution in [2.75, 3.05) is 33.2 Å². The number of rotatable bonds is 7. The summed E-state index contributed by atoms with van der Waals surface area (Å²) in [6, 6.07) is 2.07. The molecule has 0 radical (unpaired) electrons. The summed E-state index contributed by atoms with van der Waals surface area (Å²) in [6.45, 7) is 5.95. The molecule has 0 saturated carbocycles. The van der Waals surface area contributed by atoms with Crippen LogP contribution in [0.2, 0.25) is 0 Å². The molecule has 0 spiro atoms. The van der Waals surface area contributed by atoms with Gasteiger partial charge < -0.3 is 9.80 Å². The Balaban J connectivity index is 2.16. The Morgan fingerprint density at radius 1 is 1.42 bits per heavy atom. The number of nitriles is 1. The number of likely N-dealkylation sites (tertiary alicyclic amines) is 1. The fraction of sp³-hybridized carbons (Fsp3) is 0.867. The van der Waals surface area contributed by atoms with Gasteiger partial charge in [0.15, 0.2) is 0 Å². The lowest BCUT2D eigenvalue weighted by atomic mass is 9.92. The van der Waals surface area contributed by atoms with Crippen molar-refractivity contribution >= 4 is 5.91 Å². The molecule has 1 aliphatic rings. The summed E-state index contributed by atoms with van der Waals surface area (Å²) >= 11 is 0. The van der Waals surface area contributed by atoms with Crippen molar-refractivity contribution in [2.24, 2.45) is 5.92 Å². The van der Waals surface area contributed by atoms with Gasteiger partial charge in [0.25, 0.3) is 0 Å². The van der Waals surface area contributed by atoms with Crippen molar-refractivity contribution < 1.29 is 4.79 Å². The Morgan fingerprint density at radius 3 is 2.68 bits per heavy atom. The first-order chi connectivity index (χ1) is 9.17. The first-order valence-electron chi connectivity index (χ1n) is 7.50. The quantitative estimate of drug-likeness (QED) is 0.709. The maximum atomic E-state index is 11.8. The zero-order valence-electron chi connectivity index (χ0n) is 12.4. The molecule has 19 heavy (non-hydrogen) atoms. The van der Waals surface area contributed by atoms with Crippen molar-refractivity contribution in [1.82, 2.24) is 9.80 Å². The van der Waals surface area contributed by atoms with E-state index in [9.17, 15) is 4.79 Å². The number of nitrogens with zero attached hydrogens (tertiary/aromatic N) is 3. The fourth-order valence-electron chi connectivity index (χ4n) is 2.69. The lowest BCUT2D eigenvalue weighted by Gasteiger charge is -2.32. The Kier molecular flexibility index (Phi) is 7.50. The summed E-state index contributed by atoms with van der Waals surface area (Å²) in [5.41, 5.74) is 0. The van der Waals surface area contributed by atoms with E-state index in [1.54, 1.807) is 11.9 Å². The highest BCUT2D eigenvalue weighted by Gasteiger charge is 2.19. The Morgan fingerprint density at radius 2 is 2.11 bits per heavy atom. The van der Waals surface area contributed by atoms with Gasteiger partial charge in [0.05, 0.1) is 12.5 Å². The summed E-state index contributed by atoms with van der Waals surface area (Å²) in [7, 11) is 1.78. The van der Waals surface area contributed by atoms with Crippen molar-refractivity contribution in [3.63, 3.8) is 0 Å². The lowest BCUT2D eigenvalue weighted by molar-refractivity contribution is -0.130. The molecule has 4 heteroatoms. The number of hydrogen-bond acceptors (Lipinski definition) is 3. The molecular weight excluding hydrogens is 238 g/mol. The van der Waals surface area contributed by atoms with Gasteiger partial charge in [-0.3, -0.25) is 4.79 Å². The van der Waals surface area contributed by atoms with E-state index in [-0.39, 0.29) is 5.91 Å². The summed E-state index contributed by atoms with van der Waals surface area (Å²) < 4.78 is 0. The number of hydrogen-bond donors (Lipinski definition) is 0. The first-order valence-corrected chi connectivity index (χ1v) is 7.50. The van der Waals surface area contributed by atoms with Gasteiger partial charge in [-0.25, -0.2) is 0 Å². The standard InChI is InChI=1S/C15H27N3O/c1-3-5-14-6-11-18(12-7-14)13-8-15(19)17(2)10-4-9-16/h14H,3-8,10-13H2,1-2H3. The topological polar surface area (TPSA) is 47.3 Å². The van der Waals surface area contributed by atoms with Crippen LogP contribution in [0.15, 0.2) is 0 Å². The second kappa shape index (κ2) is 8.92. The van der Waals surface area contributed by atoms with Crippen LogP contribution in [0.1, 0.15) is 45.4 Å². The minimum Gasteiger partial charge on any atom is -0.345 e. The maximum Gasteiger partial charge on any atom is 0.223 e. The second-order valence-electron chi connectivity index (χ2n) is 5.55. The van der Waals surface area contributed by atoms with Gasteiger partial charge in [0.1, 0.15) is 0 Å². The number of carbonyl (C=O) groups excluding carboxylic acids is 1. The molecule has 0 aromatic carbocycles. The highest BCUT2D eigenvalue weighted by atomic mass is 16.2. The van der Waals surface area contributed by atoms with Gasteiger partial charge in [-0.2, -0.15) is 5.26 Å². The molecule has 108 valence electrons. The van der Waals surface area contributed by atoms with Crippen LogP contribution in [0.3, 0.4) is 0 Å². The molecule has 0 atom stereocenters. The van der Waals surface area contributed by atoms with Gasteiger partial charge in [-0.15, -0.1) is 0 Å². The average molecular weight is 265 g/mol. The molecule has 1 rings (SSSR count). The maximum absolute atomic E-state index is 11.8. The van der Waals surface area contributed by atoms with Gasteiger partial charge in [0, 0.05) is 26.6 Å². The van der Waals surface area contributed by atoms with Gasteiger partial charge in [-0.05, 0) is 31.8 Å². The van der Waals surface area contributed by atoms with Crippen LogP contribution in [-0.2, 0) is 4.79 Å². The highest BCUT2D eigenvalue weighted by Crippen LogP contribution is 2.21. The number of carbonyl (C=O) groups is 1. The van der Waals surface area contributed by atoms with Crippen molar-refractivity contribution in [3.8, 4) is 6.07 Å². The molecule has 0 aromatic rings. The molecule has 4 nitrogen and oxygen atoms in total. The summed E-state index contributed by atoms with van der Waals surface area (Å²) in [4.78, 5) is 15.9. The van der Waals surface area contributed by atoms with Crippen LogP contribution in [0.25, 0.3) is 0 Å². The van der Waals surface area contributed by atoms with E-state index in [2.05, 4.69) is 17.9 Å². The van der Waals surface area contributed by atoms with Crippen molar-refractivity contribution in [3.05, 3.63) is 0 Å². The molecular formula is C15H27N3O. The van der Waals surface area contributed by atoms with Crippen LogP contribution in [0.4, 0.5) is 0 Å². The molecule has 0 unspecified atom stereocenters. The SMILES string of the molecule is CCCC1CCN(CCC(=O)N(C)CCC#N)CC1. The molecule has 0 N–H and O–H groups in total. The second-order valence-corrected chi connectivity index (χ2v) is 5.55. The Labute approximate surface area is 117 Å². The van der Waals surface area contributed by atoms with E-state index in [1.807, 2.05) is 0 Å². The Hall–Kier alpha value is -1.08. The lowest BCUT2D eigenvalue weighted by Crippen LogP contribution is -2.37. The Bertz CT molecular complexity index is 303. The molecule has 1 saturated heterocycles. The molecule has 1 aliphatic heterocycles. The smallest absolute Gasteiger partial charge is 0.223 e. The third kappa shape index (κ3) is 6.07. The summed E-state index contributed by atoms with van der Waals surface area (Å²) in [6.07, 6.45) is 6.21. The van der Waals surface area contributed by atoms with Crippen molar-refractivity contribution in [1.29, 1.82) is 5.26 Å². The third-order valence-corrected chi connectivity index (χ3v) is 4.03. The molecule has 0 aromatic heterocycles. The first kappa shape index (κ1) is 16.0. The molecule has 1 amide bonds. The molecule has 0 aliphatic carbocycles. The van der Waals surface area contributed by atoms with Crippen molar-refractivity contribution in [2.45, 2.75) is 45.4 Å². The van der Waals surface area contributed by atoms with Crippen LogP contribution < -0.4 is 0 Å². The van der Waals surface area contributed by atoms with Crippen LogP contribution in [-0.4, -0.2) is 48.9 Å². The van der Waals surface area contributed by atoms with E-state index in [4.69, 9.17) is 5.26 Å². The summed E-state index contributed by atoms with van der Waals surface area (Å²) in [5, 5.41) is 8.50. The minimum atomic E-state index is 0.158. The molecule has 1 heterocycles. The van der Waals surface area contributed by atoms with Crippen LogP contribution in [0, 0.1) is 17.2 Å². The van der Waals surface area contributed by atoms with Gasteiger partial charge >= 0.3 is 0 Å². The zero-order chi connectivity index (χ0) is 14.1. The largest absolute Gasteiger partial charge is 0.345 e. The fourth-order valence-corrected chi connectivity index (χ4v) is 2.69. The average Bonchev–Trinajstić information content (AvgIpc) is 2.44. The number of piperidine rings is 1. The van der Waals surface area contributed by atoms with Gasteiger partial charge in [-0.1, -0.05) is 19.8 Å². The highest BCUT2D eigenvalue weighted by molar-refractivity contribution is 5.76. The minimum absolute atomic E-state index is 0.158. The van der Waals surface area contributed by atoms with E-state index in [1.165, 1.54) is 25.7 Å². The molecule has 0 bridgehead atoms. The van der Waals surface area contributed by atoms with Gasteiger partial charge in [0.2, 0.25) is 5.91 Å². The number of amides is 1.